The first-order chi connectivity index (χ1) is 7.65. The fourth-order valence-corrected chi connectivity index (χ4v) is 1.35. The summed E-state index contributed by atoms with van der Waals surface area (Å²) in [5.74, 6) is -0.423. The number of aliphatic imine (C=N–C) groups is 1. The first kappa shape index (κ1) is 12.2. The van der Waals surface area contributed by atoms with E-state index >= 15 is 0 Å². The maximum Gasteiger partial charge on any atom is 0.272 e. The summed E-state index contributed by atoms with van der Waals surface area (Å²) in [7, 11) is 0. The summed E-state index contributed by atoms with van der Waals surface area (Å²) in [5.41, 5.74) is 0.530. The van der Waals surface area contributed by atoms with E-state index in [1.807, 2.05) is 5.16 Å². The van der Waals surface area contributed by atoms with Crippen molar-refractivity contribution < 1.29 is 9.72 Å². The molecule has 0 aliphatic heterocycles. The number of aryl methyl sites for hydroxylation is 1. The second-order valence-electron chi connectivity index (χ2n) is 2.98. The molecule has 0 bridgehead atoms. The van der Waals surface area contributed by atoms with Crippen molar-refractivity contribution in [3.05, 3.63) is 39.9 Å². The molecule has 0 spiro atoms. The number of nitro groups is 1. The third kappa shape index (κ3) is 3.34. The van der Waals surface area contributed by atoms with Gasteiger partial charge in [-0.3, -0.25) is 14.9 Å². The average molecular weight is 236 g/mol. The number of carbonyl (C=O) groups is 1. The monoisotopic (exact) mass is 236 g/mol. The number of hydrogen-bond acceptors (Lipinski definition) is 4. The molecule has 0 aliphatic rings. The molecule has 0 saturated carbocycles. The highest BCUT2D eigenvalue weighted by atomic mass is 32.1. The molecule has 1 aromatic carbocycles. The molecule has 0 heterocycles. The number of benzene rings is 1. The third-order valence-corrected chi connectivity index (χ3v) is 2.06. The normalized spacial score (nSPS) is 9.25. The molecular weight excluding hydrogens is 228 g/mol. The first-order valence-electron chi connectivity index (χ1n) is 4.48. The Kier molecular flexibility index (Phi) is 4.44. The van der Waals surface area contributed by atoms with Crippen molar-refractivity contribution in [1.82, 2.24) is 0 Å². The SMILES string of the molecule is O=C(CCc1ccccc1[N+](=O)[O-])N=C=S. The van der Waals surface area contributed by atoms with Gasteiger partial charge in [-0.1, -0.05) is 18.2 Å². The van der Waals surface area contributed by atoms with Crippen molar-refractivity contribution in [2.75, 3.05) is 0 Å². The Hall–Kier alpha value is -1.91. The van der Waals surface area contributed by atoms with Gasteiger partial charge in [0.1, 0.15) is 0 Å². The van der Waals surface area contributed by atoms with E-state index in [0.29, 0.717) is 5.56 Å². The summed E-state index contributed by atoms with van der Waals surface area (Å²) in [6.45, 7) is 0. The summed E-state index contributed by atoms with van der Waals surface area (Å²) < 4.78 is 0. The zero-order valence-electron chi connectivity index (χ0n) is 8.25. The molecule has 1 aromatic rings. The second-order valence-corrected chi connectivity index (χ2v) is 3.17. The number of thiocarbonyl (C=S) groups is 1. The van der Waals surface area contributed by atoms with Crippen LogP contribution >= 0.6 is 12.2 Å². The van der Waals surface area contributed by atoms with Crippen LogP contribution in [0.15, 0.2) is 29.3 Å². The quantitative estimate of drug-likeness (QED) is 0.347. The lowest BCUT2D eigenvalue weighted by molar-refractivity contribution is -0.385. The van der Waals surface area contributed by atoms with E-state index in [1.54, 1.807) is 18.2 Å². The number of nitro benzene ring substituents is 1. The van der Waals surface area contributed by atoms with E-state index in [2.05, 4.69) is 17.2 Å². The molecule has 1 amide bonds. The number of rotatable bonds is 4. The Morgan fingerprint density at radius 1 is 1.50 bits per heavy atom. The Morgan fingerprint density at radius 2 is 2.19 bits per heavy atom. The van der Waals surface area contributed by atoms with Crippen LogP contribution in [0, 0.1) is 10.1 Å². The van der Waals surface area contributed by atoms with Crippen molar-refractivity contribution in [3.8, 4) is 0 Å². The van der Waals surface area contributed by atoms with Crippen LogP contribution < -0.4 is 0 Å². The number of hydrogen-bond donors (Lipinski definition) is 0. The van der Waals surface area contributed by atoms with Gasteiger partial charge in [-0.2, -0.15) is 4.99 Å². The molecule has 82 valence electrons. The van der Waals surface area contributed by atoms with E-state index in [-0.39, 0.29) is 18.5 Å². The molecule has 0 atom stereocenters. The van der Waals surface area contributed by atoms with Crippen LogP contribution in [0.1, 0.15) is 12.0 Å². The molecule has 0 unspecified atom stereocenters. The van der Waals surface area contributed by atoms with Gasteiger partial charge < -0.3 is 0 Å². The van der Waals surface area contributed by atoms with Crippen molar-refractivity contribution in [1.29, 1.82) is 0 Å². The second kappa shape index (κ2) is 5.85. The van der Waals surface area contributed by atoms with Gasteiger partial charge in [0.15, 0.2) is 0 Å². The van der Waals surface area contributed by atoms with Crippen LogP contribution in [0.25, 0.3) is 0 Å². The number of isothiocyanates is 1. The summed E-state index contributed by atoms with van der Waals surface area (Å²) in [5, 5.41) is 12.6. The minimum Gasteiger partial charge on any atom is -0.272 e. The molecule has 1 rings (SSSR count). The average Bonchev–Trinajstić information content (AvgIpc) is 2.27. The molecule has 0 aromatic heterocycles. The standard InChI is InChI=1S/C10H8N2O3S/c13-10(11-7-16)6-5-8-3-1-2-4-9(8)12(14)15/h1-4H,5-6H2. The number of amides is 1. The van der Waals surface area contributed by atoms with Crippen molar-refractivity contribution in [2.45, 2.75) is 12.8 Å². The maximum absolute atomic E-state index is 11.0. The third-order valence-electron chi connectivity index (χ3n) is 1.97. The number of para-hydroxylation sites is 1. The first-order valence-corrected chi connectivity index (χ1v) is 4.89. The molecule has 0 radical (unpaired) electrons. The van der Waals surface area contributed by atoms with Gasteiger partial charge in [0.2, 0.25) is 0 Å². The highest BCUT2D eigenvalue weighted by Crippen LogP contribution is 2.19. The van der Waals surface area contributed by atoms with E-state index in [9.17, 15) is 14.9 Å². The Morgan fingerprint density at radius 3 is 2.81 bits per heavy atom. The molecule has 0 fully saturated rings. The van der Waals surface area contributed by atoms with Crippen molar-refractivity contribution in [2.24, 2.45) is 4.99 Å². The molecule has 0 N–H and O–H groups in total. The van der Waals surface area contributed by atoms with E-state index in [1.165, 1.54) is 6.07 Å². The number of carbonyl (C=O) groups excluding carboxylic acids is 1. The Labute approximate surface area is 97.0 Å². The Bertz CT molecular complexity index is 467. The molecule has 5 nitrogen and oxygen atoms in total. The largest absolute Gasteiger partial charge is 0.272 e. The predicted octanol–water partition coefficient (Wildman–Crippen LogP) is 2.16. The zero-order chi connectivity index (χ0) is 12.0. The van der Waals surface area contributed by atoms with Crippen LogP contribution in [0.5, 0.6) is 0 Å². The molecule has 0 aliphatic carbocycles. The summed E-state index contributed by atoms with van der Waals surface area (Å²) in [4.78, 5) is 24.5. The summed E-state index contributed by atoms with van der Waals surface area (Å²) in [6.07, 6.45) is 0.366. The van der Waals surface area contributed by atoms with Gasteiger partial charge in [-0.15, -0.1) is 0 Å². The van der Waals surface area contributed by atoms with Gasteiger partial charge >= 0.3 is 0 Å². The van der Waals surface area contributed by atoms with Crippen LogP contribution in [0.3, 0.4) is 0 Å². The molecular formula is C10H8N2O3S. The zero-order valence-corrected chi connectivity index (χ0v) is 9.07. The smallest absolute Gasteiger partial charge is 0.272 e. The van der Waals surface area contributed by atoms with E-state index < -0.39 is 10.8 Å². The Balaban J connectivity index is 2.77. The fraction of sp³-hybridized carbons (Fsp3) is 0.200. The van der Waals surface area contributed by atoms with Crippen molar-refractivity contribution >= 4 is 29.0 Å². The van der Waals surface area contributed by atoms with E-state index in [0.717, 1.165) is 0 Å². The van der Waals surface area contributed by atoms with Crippen LogP contribution in [-0.4, -0.2) is 16.0 Å². The molecule has 0 saturated heterocycles. The fourth-order valence-electron chi connectivity index (χ4n) is 1.25. The van der Waals surface area contributed by atoms with E-state index in [4.69, 9.17) is 0 Å². The van der Waals surface area contributed by atoms with Crippen LogP contribution in [0.4, 0.5) is 5.69 Å². The maximum atomic E-state index is 11.0. The van der Waals surface area contributed by atoms with Gasteiger partial charge in [0.05, 0.1) is 10.1 Å². The summed E-state index contributed by atoms with van der Waals surface area (Å²) >= 11 is 4.28. The van der Waals surface area contributed by atoms with Gasteiger partial charge in [0.25, 0.3) is 11.6 Å². The molecule has 16 heavy (non-hydrogen) atoms. The lowest BCUT2D eigenvalue weighted by Crippen LogP contribution is -1.99. The van der Waals surface area contributed by atoms with Gasteiger partial charge in [-0.25, -0.2) is 0 Å². The van der Waals surface area contributed by atoms with Crippen molar-refractivity contribution in [3.63, 3.8) is 0 Å². The lowest BCUT2D eigenvalue weighted by Gasteiger charge is -1.99. The van der Waals surface area contributed by atoms with Gasteiger partial charge in [-0.05, 0) is 18.6 Å². The minimum absolute atomic E-state index is 0.0154. The molecule has 6 heteroatoms. The van der Waals surface area contributed by atoms with Crippen LogP contribution in [-0.2, 0) is 11.2 Å². The topological polar surface area (TPSA) is 72.6 Å². The summed E-state index contributed by atoms with van der Waals surface area (Å²) in [6, 6.07) is 6.29. The van der Waals surface area contributed by atoms with Gasteiger partial charge in [0, 0.05) is 18.1 Å². The van der Waals surface area contributed by atoms with Crippen LogP contribution in [0.2, 0.25) is 0 Å². The number of nitrogens with zero attached hydrogens (tertiary/aromatic N) is 2. The minimum atomic E-state index is -0.470. The highest BCUT2D eigenvalue weighted by molar-refractivity contribution is 7.78. The highest BCUT2D eigenvalue weighted by Gasteiger charge is 2.12. The predicted molar refractivity (Wildman–Crippen MR) is 61.5 cm³/mol. The lowest BCUT2D eigenvalue weighted by atomic mass is 10.1.